The van der Waals surface area contributed by atoms with Crippen molar-refractivity contribution in [3.05, 3.63) is 0 Å². The number of carbonyl (C=O) groups is 2. The highest BCUT2D eigenvalue weighted by atomic mass is 32.2. The van der Waals surface area contributed by atoms with Crippen LogP contribution in [0.2, 0.25) is 0 Å². The second kappa shape index (κ2) is 5.54. The molecule has 0 amide bonds. The van der Waals surface area contributed by atoms with Crippen LogP contribution in [0.3, 0.4) is 0 Å². The predicted octanol–water partition coefficient (Wildman–Crippen LogP) is 3.57. The molecule has 0 spiro atoms. The van der Waals surface area contributed by atoms with Crippen molar-refractivity contribution in [2.24, 2.45) is 28.6 Å². The summed E-state index contributed by atoms with van der Waals surface area (Å²) in [4.78, 5) is 24.5. The number of alkyl halides is 1. The predicted molar refractivity (Wildman–Crippen MR) is 96.2 cm³/mol. The highest BCUT2D eigenvalue weighted by molar-refractivity contribution is 8.00. The Hall–Kier alpha value is -0.420. The topological polar surface area (TPSA) is 54.4 Å². The molecule has 2 unspecified atom stereocenters. The number of aliphatic hydroxyl groups excluding tert-OH is 1. The smallest absolute Gasteiger partial charge is 0.146 e. The minimum atomic E-state index is -1.67. The zero-order valence-corrected chi connectivity index (χ0v) is 16.2. The van der Waals surface area contributed by atoms with E-state index in [-0.39, 0.29) is 40.0 Å². The van der Waals surface area contributed by atoms with Gasteiger partial charge in [0.15, 0.2) is 0 Å². The van der Waals surface area contributed by atoms with Gasteiger partial charge in [-0.05, 0) is 55.1 Å². The third kappa shape index (κ3) is 2.08. The second-order valence-electron chi connectivity index (χ2n) is 9.43. The first-order valence-corrected chi connectivity index (χ1v) is 10.9. The molecule has 4 saturated carbocycles. The number of ketones is 2. The number of carbonyl (C=O) groups excluding carboxylic acids is 2. The molecule has 140 valence electrons. The Morgan fingerprint density at radius 3 is 2.56 bits per heavy atom. The molecule has 5 heteroatoms. The van der Waals surface area contributed by atoms with Crippen LogP contribution in [0.1, 0.15) is 58.8 Å². The molecule has 0 radical (unpaired) electrons. The van der Waals surface area contributed by atoms with Crippen LogP contribution in [-0.2, 0) is 9.59 Å². The van der Waals surface area contributed by atoms with Crippen molar-refractivity contribution < 1.29 is 19.1 Å². The van der Waals surface area contributed by atoms with E-state index < -0.39 is 17.2 Å². The lowest BCUT2D eigenvalue weighted by Crippen LogP contribution is -2.69. The Morgan fingerprint density at radius 2 is 1.88 bits per heavy atom. The highest BCUT2D eigenvalue weighted by Gasteiger charge is 2.72. The van der Waals surface area contributed by atoms with Gasteiger partial charge in [0, 0.05) is 24.7 Å². The summed E-state index contributed by atoms with van der Waals surface area (Å²) >= 11 is 1.56. The van der Waals surface area contributed by atoms with Crippen LogP contribution in [0.15, 0.2) is 0 Å². The van der Waals surface area contributed by atoms with Gasteiger partial charge in [-0.2, -0.15) is 11.8 Å². The van der Waals surface area contributed by atoms with E-state index in [0.29, 0.717) is 38.5 Å². The van der Waals surface area contributed by atoms with Gasteiger partial charge in [-0.1, -0.05) is 13.8 Å². The molecule has 1 N–H and O–H groups in total. The van der Waals surface area contributed by atoms with Gasteiger partial charge in [-0.15, -0.1) is 0 Å². The average molecular weight is 369 g/mol. The molecule has 0 aliphatic heterocycles. The summed E-state index contributed by atoms with van der Waals surface area (Å²) in [5, 5.41) is 10.9. The van der Waals surface area contributed by atoms with Crippen LogP contribution in [0.5, 0.6) is 0 Å². The Morgan fingerprint density at radius 1 is 1.16 bits per heavy atom. The first kappa shape index (κ1) is 18.0. The van der Waals surface area contributed by atoms with Crippen molar-refractivity contribution in [1.82, 2.24) is 0 Å². The largest absolute Gasteiger partial charge is 0.390 e. The molecule has 4 aliphatic carbocycles. The Bertz CT molecular complexity index is 624. The lowest BCUT2D eigenvalue weighted by Gasteiger charge is -2.64. The molecule has 0 aromatic rings. The maximum absolute atomic E-state index is 16.7. The lowest BCUT2D eigenvalue weighted by molar-refractivity contribution is -0.238. The molecule has 0 aromatic carbocycles. The zero-order valence-electron chi connectivity index (χ0n) is 15.4. The maximum Gasteiger partial charge on any atom is 0.146 e. The summed E-state index contributed by atoms with van der Waals surface area (Å²) in [5.41, 5.74) is -2.64. The number of thioether (sulfide) groups is 1. The van der Waals surface area contributed by atoms with E-state index in [1.54, 1.807) is 11.8 Å². The van der Waals surface area contributed by atoms with Gasteiger partial charge in [0.2, 0.25) is 0 Å². The van der Waals surface area contributed by atoms with Crippen molar-refractivity contribution in [3.8, 4) is 0 Å². The third-order valence-corrected chi connectivity index (χ3v) is 9.81. The zero-order chi connectivity index (χ0) is 18.2. The average Bonchev–Trinajstić information content (AvgIpc) is 2.79. The molecule has 0 bridgehead atoms. The minimum absolute atomic E-state index is 0.0150. The molecule has 3 nitrogen and oxygen atoms in total. The number of aliphatic hydroxyl groups is 1. The summed E-state index contributed by atoms with van der Waals surface area (Å²) in [6.45, 7) is 4.05. The fourth-order valence-corrected chi connectivity index (χ4v) is 8.38. The van der Waals surface area contributed by atoms with E-state index >= 15 is 4.39 Å². The van der Waals surface area contributed by atoms with E-state index in [4.69, 9.17) is 0 Å². The molecular formula is C20H29FO3S. The van der Waals surface area contributed by atoms with Crippen LogP contribution in [0, 0.1) is 28.6 Å². The summed E-state index contributed by atoms with van der Waals surface area (Å²) in [5.74, 6) is 0.237. The molecular weight excluding hydrogens is 339 g/mol. The molecule has 25 heavy (non-hydrogen) atoms. The second-order valence-corrected chi connectivity index (χ2v) is 10.4. The van der Waals surface area contributed by atoms with Crippen LogP contribution < -0.4 is 0 Å². The Kier molecular flexibility index (Phi) is 3.98. The van der Waals surface area contributed by atoms with Gasteiger partial charge in [0.05, 0.1) is 11.4 Å². The quantitative estimate of drug-likeness (QED) is 0.769. The van der Waals surface area contributed by atoms with Crippen LogP contribution in [0.25, 0.3) is 0 Å². The van der Waals surface area contributed by atoms with Crippen LogP contribution in [-0.4, -0.2) is 40.0 Å². The molecule has 4 fully saturated rings. The summed E-state index contributed by atoms with van der Waals surface area (Å²) in [6.07, 6.45) is 4.66. The Labute approximate surface area is 153 Å². The molecule has 0 saturated heterocycles. The summed E-state index contributed by atoms with van der Waals surface area (Å²) < 4.78 is 16.7. The maximum atomic E-state index is 16.7. The molecule has 0 heterocycles. The number of hydrogen-bond acceptors (Lipinski definition) is 4. The normalized spacial score (nSPS) is 55.5. The van der Waals surface area contributed by atoms with E-state index in [1.165, 1.54) is 0 Å². The lowest BCUT2D eigenvalue weighted by atomic mass is 9.43. The molecule has 4 rings (SSSR count). The van der Waals surface area contributed by atoms with Gasteiger partial charge < -0.3 is 5.11 Å². The van der Waals surface area contributed by atoms with Crippen molar-refractivity contribution in [1.29, 1.82) is 0 Å². The van der Waals surface area contributed by atoms with Crippen molar-refractivity contribution in [2.75, 3.05) is 6.26 Å². The number of hydrogen-bond donors (Lipinski definition) is 1. The Balaban J connectivity index is 1.77. The van der Waals surface area contributed by atoms with Crippen LogP contribution in [0.4, 0.5) is 4.39 Å². The van der Waals surface area contributed by atoms with Gasteiger partial charge in [-0.3, -0.25) is 9.59 Å². The third-order valence-electron chi connectivity index (χ3n) is 8.54. The fraction of sp³-hybridized carbons (Fsp3) is 0.900. The van der Waals surface area contributed by atoms with Crippen molar-refractivity contribution in [3.63, 3.8) is 0 Å². The first-order chi connectivity index (χ1) is 11.7. The summed E-state index contributed by atoms with van der Waals surface area (Å²) in [7, 11) is 0. The number of rotatable bonds is 1. The van der Waals surface area contributed by atoms with Gasteiger partial charge in [-0.25, -0.2) is 4.39 Å². The molecule has 8 atom stereocenters. The van der Waals surface area contributed by atoms with E-state index in [1.807, 2.05) is 13.2 Å². The van der Waals surface area contributed by atoms with Crippen LogP contribution >= 0.6 is 11.8 Å². The number of Topliss-reactive ketones (excluding diaryl/α,β-unsaturated/α-hetero) is 2. The number of fused-ring (bicyclic) bond motifs is 5. The monoisotopic (exact) mass is 368 g/mol. The summed E-state index contributed by atoms with van der Waals surface area (Å²) in [6, 6.07) is 0. The van der Waals surface area contributed by atoms with E-state index in [2.05, 4.69) is 6.92 Å². The van der Waals surface area contributed by atoms with E-state index in [9.17, 15) is 14.7 Å². The fourth-order valence-electron chi connectivity index (χ4n) is 7.21. The number of halogens is 1. The minimum Gasteiger partial charge on any atom is -0.390 e. The standard InChI is InChI=1S/C20H29FO3S/c1-18-10-16(24)20(21)13(14(18)9-15(23)17(18)25-3)5-4-11-8-12(22)6-7-19(11,20)2/h11,13-14,16-17,24H,4-10H2,1-3H3/t11?,13-,14-,16-,17-,18-,19-,20?/m0/s1. The van der Waals surface area contributed by atoms with Gasteiger partial charge >= 0.3 is 0 Å². The van der Waals surface area contributed by atoms with Gasteiger partial charge in [0.1, 0.15) is 17.2 Å². The highest BCUT2D eigenvalue weighted by Crippen LogP contribution is 2.69. The SMILES string of the molecule is CS[C@H]1C(=O)C[C@H]2[C@@H]3CCC4CC(=O)CC[C@]4(C)C3(F)[C@@H](O)C[C@]12C. The molecule has 4 aliphatic rings. The first-order valence-electron chi connectivity index (χ1n) is 9.62. The van der Waals surface area contributed by atoms with Gasteiger partial charge in [0.25, 0.3) is 0 Å². The van der Waals surface area contributed by atoms with E-state index in [0.717, 1.165) is 6.42 Å². The molecule has 0 aromatic heterocycles. The van der Waals surface area contributed by atoms with Crippen molar-refractivity contribution in [2.45, 2.75) is 75.8 Å². The van der Waals surface area contributed by atoms with Crippen molar-refractivity contribution >= 4 is 23.3 Å².